The Kier molecular flexibility index (Phi) is 5.98. The smallest absolute Gasteiger partial charge is 0.237 e. The highest BCUT2D eigenvalue weighted by Crippen LogP contribution is 2.01. The van der Waals surface area contributed by atoms with Crippen molar-refractivity contribution in [1.82, 2.24) is 5.32 Å². The normalized spacial score (nSPS) is 12.9. The SMILES string of the molecule is CCS(=O)(=O)CCNC(=O)C(N)Cc1ccccc1. The summed E-state index contributed by atoms with van der Waals surface area (Å²) in [5.41, 5.74) is 6.75. The summed E-state index contributed by atoms with van der Waals surface area (Å²) in [5, 5.41) is 2.55. The van der Waals surface area contributed by atoms with Crippen molar-refractivity contribution in [3.63, 3.8) is 0 Å². The second kappa shape index (κ2) is 7.25. The van der Waals surface area contributed by atoms with Gasteiger partial charge in [0.05, 0.1) is 11.8 Å². The van der Waals surface area contributed by atoms with Gasteiger partial charge in [-0.3, -0.25) is 4.79 Å². The summed E-state index contributed by atoms with van der Waals surface area (Å²) in [6.45, 7) is 1.69. The zero-order chi connectivity index (χ0) is 14.3. The van der Waals surface area contributed by atoms with E-state index in [9.17, 15) is 13.2 Å². The maximum atomic E-state index is 11.7. The van der Waals surface area contributed by atoms with Crippen LogP contribution in [0.4, 0.5) is 0 Å². The van der Waals surface area contributed by atoms with Crippen molar-refractivity contribution in [2.75, 3.05) is 18.1 Å². The number of rotatable bonds is 7. The Hall–Kier alpha value is -1.40. The van der Waals surface area contributed by atoms with E-state index in [1.165, 1.54) is 0 Å². The lowest BCUT2D eigenvalue weighted by atomic mass is 10.1. The van der Waals surface area contributed by atoms with Crippen molar-refractivity contribution >= 4 is 15.7 Å². The molecule has 0 aliphatic rings. The molecule has 6 heteroatoms. The Labute approximate surface area is 114 Å². The fourth-order valence-electron chi connectivity index (χ4n) is 1.57. The van der Waals surface area contributed by atoms with Crippen LogP contribution < -0.4 is 11.1 Å². The van der Waals surface area contributed by atoms with Crippen LogP contribution >= 0.6 is 0 Å². The first-order valence-corrected chi connectivity index (χ1v) is 8.04. The van der Waals surface area contributed by atoms with E-state index in [1.54, 1.807) is 6.92 Å². The zero-order valence-corrected chi connectivity index (χ0v) is 11.8. The van der Waals surface area contributed by atoms with Gasteiger partial charge in [0.2, 0.25) is 5.91 Å². The number of hydrogen-bond donors (Lipinski definition) is 2. The molecule has 3 N–H and O–H groups in total. The lowest BCUT2D eigenvalue weighted by molar-refractivity contribution is -0.122. The number of amides is 1. The Morgan fingerprint density at radius 2 is 1.95 bits per heavy atom. The van der Waals surface area contributed by atoms with Crippen LogP contribution in [0.5, 0.6) is 0 Å². The van der Waals surface area contributed by atoms with Crippen molar-refractivity contribution < 1.29 is 13.2 Å². The Morgan fingerprint density at radius 3 is 2.53 bits per heavy atom. The van der Waals surface area contributed by atoms with Gasteiger partial charge in [0.1, 0.15) is 0 Å². The van der Waals surface area contributed by atoms with Crippen LogP contribution in [0.2, 0.25) is 0 Å². The molecule has 5 nitrogen and oxygen atoms in total. The van der Waals surface area contributed by atoms with E-state index < -0.39 is 15.9 Å². The Balaban J connectivity index is 2.37. The van der Waals surface area contributed by atoms with Gasteiger partial charge in [0.15, 0.2) is 9.84 Å². The first-order chi connectivity index (χ1) is 8.94. The van der Waals surface area contributed by atoms with Crippen molar-refractivity contribution in [3.8, 4) is 0 Å². The summed E-state index contributed by atoms with van der Waals surface area (Å²) in [5.74, 6) is -0.290. The zero-order valence-electron chi connectivity index (χ0n) is 11.0. The molecule has 1 rings (SSSR count). The van der Waals surface area contributed by atoms with Gasteiger partial charge in [0.25, 0.3) is 0 Å². The molecule has 1 aromatic carbocycles. The average molecular weight is 284 g/mol. The first kappa shape index (κ1) is 15.7. The average Bonchev–Trinajstić information content (AvgIpc) is 2.39. The van der Waals surface area contributed by atoms with Crippen LogP contribution in [0, 0.1) is 0 Å². The summed E-state index contributed by atoms with van der Waals surface area (Å²) < 4.78 is 22.5. The molecule has 0 aromatic heterocycles. The molecular formula is C13H20N2O3S. The fourth-order valence-corrected chi connectivity index (χ4v) is 2.27. The number of carbonyl (C=O) groups is 1. The number of sulfone groups is 1. The van der Waals surface area contributed by atoms with Crippen LogP contribution in [-0.4, -0.2) is 38.4 Å². The van der Waals surface area contributed by atoms with Crippen molar-refractivity contribution in [2.24, 2.45) is 5.73 Å². The highest BCUT2D eigenvalue weighted by molar-refractivity contribution is 7.91. The topological polar surface area (TPSA) is 89.3 Å². The summed E-state index contributed by atoms with van der Waals surface area (Å²) in [6, 6.07) is 8.79. The van der Waals surface area contributed by atoms with Crippen LogP contribution in [0.3, 0.4) is 0 Å². The molecule has 0 saturated heterocycles. The van der Waals surface area contributed by atoms with Gasteiger partial charge in [-0.15, -0.1) is 0 Å². The van der Waals surface area contributed by atoms with Gasteiger partial charge >= 0.3 is 0 Å². The summed E-state index contributed by atoms with van der Waals surface area (Å²) in [7, 11) is -3.06. The van der Waals surface area contributed by atoms with Gasteiger partial charge in [-0.05, 0) is 12.0 Å². The molecule has 106 valence electrons. The van der Waals surface area contributed by atoms with Gasteiger partial charge in [-0.2, -0.15) is 0 Å². The molecule has 0 heterocycles. The van der Waals surface area contributed by atoms with Crippen molar-refractivity contribution in [1.29, 1.82) is 0 Å². The highest BCUT2D eigenvalue weighted by atomic mass is 32.2. The van der Waals surface area contributed by atoms with Gasteiger partial charge in [0, 0.05) is 12.3 Å². The summed E-state index contributed by atoms with van der Waals surface area (Å²) in [6.07, 6.45) is 0.438. The van der Waals surface area contributed by atoms with E-state index >= 15 is 0 Å². The predicted octanol–water partition coefficient (Wildman–Crippen LogP) is 0.107. The van der Waals surface area contributed by atoms with E-state index in [4.69, 9.17) is 5.73 Å². The minimum absolute atomic E-state index is 0.0483. The minimum Gasteiger partial charge on any atom is -0.354 e. The quantitative estimate of drug-likeness (QED) is 0.743. The van der Waals surface area contributed by atoms with E-state index in [0.717, 1.165) is 5.56 Å². The number of carbonyl (C=O) groups excluding carboxylic acids is 1. The molecule has 0 bridgehead atoms. The number of nitrogens with two attached hydrogens (primary N) is 1. The van der Waals surface area contributed by atoms with Gasteiger partial charge < -0.3 is 11.1 Å². The molecule has 0 aliphatic heterocycles. The second-order valence-corrected chi connectivity index (χ2v) is 6.80. The molecule has 0 radical (unpaired) electrons. The van der Waals surface area contributed by atoms with E-state index in [1.807, 2.05) is 30.3 Å². The standard InChI is InChI=1S/C13H20N2O3S/c1-2-19(17,18)9-8-15-13(16)12(14)10-11-6-4-3-5-7-11/h3-7,12H,2,8-10,14H2,1H3,(H,15,16). The molecule has 0 spiro atoms. The Bertz CT molecular complexity index is 500. The van der Waals surface area contributed by atoms with Crippen LogP contribution in [0.1, 0.15) is 12.5 Å². The van der Waals surface area contributed by atoms with Crippen molar-refractivity contribution in [3.05, 3.63) is 35.9 Å². The third-order valence-electron chi connectivity index (χ3n) is 2.79. The third-order valence-corrected chi connectivity index (χ3v) is 4.49. The largest absolute Gasteiger partial charge is 0.354 e. The Morgan fingerprint density at radius 1 is 1.32 bits per heavy atom. The molecule has 0 aliphatic carbocycles. The van der Waals surface area contributed by atoms with E-state index in [0.29, 0.717) is 6.42 Å². The number of hydrogen-bond acceptors (Lipinski definition) is 4. The summed E-state index contributed by atoms with van der Waals surface area (Å²) in [4.78, 5) is 11.7. The predicted molar refractivity (Wildman–Crippen MR) is 75.5 cm³/mol. The molecule has 1 aromatic rings. The minimum atomic E-state index is -3.06. The van der Waals surface area contributed by atoms with Crippen LogP contribution in [0.25, 0.3) is 0 Å². The maximum absolute atomic E-state index is 11.7. The molecule has 1 amide bonds. The van der Waals surface area contributed by atoms with Crippen LogP contribution in [-0.2, 0) is 21.1 Å². The van der Waals surface area contributed by atoms with E-state index in [-0.39, 0.29) is 24.0 Å². The summed E-state index contributed by atoms with van der Waals surface area (Å²) >= 11 is 0. The fraction of sp³-hybridized carbons (Fsp3) is 0.462. The molecule has 1 unspecified atom stereocenters. The highest BCUT2D eigenvalue weighted by Gasteiger charge is 2.14. The van der Waals surface area contributed by atoms with Crippen LogP contribution in [0.15, 0.2) is 30.3 Å². The molecule has 0 fully saturated rings. The second-order valence-electron chi connectivity index (χ2n) is 4.32. The monoisotopic (exact) mass is 284 g/mol. The molecule has 1 atom stereocenters. The number of nitrogens with one attached hydrogen (secondary N) is 1. The molecule has 0 saturated carbocycles. The first-order valence-electron chi connectivity index (χ1n) is 6.22. The van der Waals surface area contributed by atoms with E-state index in [2.05, 4.69) is 5.32 Å². The lowest BCUT2D eigenvalue weighted by Crippen LogP contribution is -2.43. The van der Waals surface area contributed by atoms with Gasteiger partial charge in [-0.25, -0.2) is 8.42 Å². The van der Waals surface area contributed by atoms with Gasteiger partial charge in [-0.1, -0.05) is 37.3 Å². The third kappa shape index (κ3) is 5.85. The molecule has 19 heavy (non-hydrogen) atoms. The lowest BCUT2D eigenvalue weighted by Gasteiger charge is -2.12. The maximum Gasteiger partial charge on any atom is 0.237 e. The van der Waals surface area contributed by atoms with Crippen molar-refractivity contribution in [2.45, 2.75) is 19.4 Å². The number of benzene rings is 1. The molecular weight excluding hydrogens is 264 g/mol.